The summed E-state index contributed by atoms with van der Waals surface area (Å²) in [5.74, 6) is -0.395. The third-order valence-corrected chi connectivity index (χ3v) is 4.28. The SMILES string of the molecule is Cn1nnc2c(CSc3ccccc3)c(C(=O)O)ccc21. The van der Waals surface area contributed by atoms with E-state index in [4.69, 9.17) is 0 Å². The second-order valence-electron chi connectivity index (χ2n) is 4.58. The standard InChI is InChI=1S/C15H13N3O2S/c1-18-13-8-7-11(15(19)20)12(14(13)16-17-18)9-21-10-5-3-2-4-6-10/h2-8H,9H2,1H3,(H,19,20). The van der Waals surface area contributed by atoms with Gasteiger partial charge in [-0.05, 0) is 24.3 Å². The Bertz CT molecular complexity index is 799. The van der Waals surface area contributed by atoms with E-state index in [0.29, 0.717) is 16.8 Å². The topological polar surface area (TPSA) is 68.0 Å². The number of rotatable bonds is 4. The molecule has 21 heavy (non-hydrogen) atoms. The van der Waals surface area contributed by atoms with Gasteiger partial charge in [-0.25, -0.2) is 9.48 Å². The first-order valence-corrected chi connectivity index (χ1v) is 7.38. The van der Waals surface area contributed by atoms with Crippen LogP contribution in [0.1, 0.15) is 15.9 Å². The predicted molar refractivity (Wildman–Crippen MR) is 81.5 cm³/mol. The molecule has 5 nitrogen and oxygen atoms in total. The molecule has 0 fully saturated rings. The highest BCUT2D eigenvalue weighted by atomic mass is 32.2. The highest BCUT2D eigenvalue weighted by Gasteiger charge is 2.17. The number of aromatic carboxylic acids is 1. The van der Waals surface area contributed by atoms with Crippen LogP contribution in [0.15, 0.2) is 47.4 Å². The molecule has 1 N–H and O–H groups in total. The maximum absolute atomic E-state index is 11.4. The molecule has 6 heteroatoms. The monoisotopic (exact) mass is 299 g/mol. The Morgan fingerprint density at radius 2 is 2.00 bits per heavy atom. The van der Waals surface area contributed by atoms with Crippen LogP contribution in [0.25, 0.3) is 11.0 Å². The van der Waals surface area contributed by atoms with Gasteiger partial charge in [0.2, 0.25) is 0 Å². The minimum atomic E-state index is -0.939. The number of aryl methyl sites for hydroxylation is 1. The highest BCUT2D eigenvalue weighted by molar-refractivity contribution is 7.98. The van der Waals surface area contributed by atoms with E-state index in [0.717, 1.165) is 10.4 Å². The van der Waals surface area contributed by atoms with Gasteiger partial charge in [0.15, 0.2) is 0 Å². The molecule has 0 bridgehead atoms. The lowest BCUT2D eigenvalue weighted by molar-refractivity contribution is 0.0696. The predicted octanol–water partition coefficient (Wildman–Crippen LogP) is 2.96. The van der Waals surface area contributed by atoms with E-state index in [-0.39, 0.29) is 5.56 Å². The van der Waals surface area contributed by atoms with Crippen molar-refractivity contribution in [2.24, 2.45) is 7.05 Å². The molecule has 1 aromatic heterocycles. The third kappa shape index (κ3) is 2.62. The normalized spacial score (nSPS) is 10.9. The van der Waals surface area contributed by atoms with Crippen molar-refractivity contribution in [2.75, 3.05) is 0 Å². The van der Waals surface area contributed by atoms with E-state index < -0.39 is 5.97 Å². The fourth-order valence-corrected chi connectivity index (χ4v) is 3.13. The van der Waals surface area contributed by atoms with Crippen molar-refractivity contribution >= 4 is 28.8 Å². The van der Waals surface area contributed by atoms with Crippen molar-refractivity contribution in [1.29, 1.82) is 0 Å². The number of aromatic nitrogens is 3. The van der Waals surface area contributed by atoms with Gasteiger partial charge in [0.1, 0.15) is 5.52 Å². The summed E-state index contributed by atoms with van der Waals surface area (Å²) in [5, 5.41) is 17.5. The van der Waals surface area contributed by atoms with Crippen LogP contribution in [0.4, 0.5) is 0 Å². The molecule has 0 unspecified atom stereocenters. The maximum atomic E-state index is 11.4. The van der Waals surface area contributed by atoms with Crippen LogP contribution in [0.2, 0.25) is 0 Å². The smallest absolute Gasteiger partial charge is 0.336 e. The number of carboxylic acid groups (broad SMARTS) is 1. The van der Waals surface area contributed by atoms with E-state index in [2.05, 4.69) is 10.3 Å². The van der Waals surface area contributed by atoms with Gasteiger partial charge in [-0.15, -0.1) is 16.9 Å². The zero-order valence-corrected chi connectivity index (χ0v) is 12.2. The Balaban J connectivity index is 2.02. The van der Waals surface area contributed by atoms with E-state index in [1.807, 2.05) is 30.3 Å². The molecule has 0 aliphatic heterocycles. The molecule has 1 heterocycles. The van der Waals surface area contributed by atoms with Gasteiger partial charge < -0.3 is 5.11 Å². The first kappa shape index (κ1) is 13.6. The number of benzene rings is 2. The zero-order valence-electron chi connectivity index (χ0n) is 11.4. The zero-order chi connectivity index (χ0) is 14.8. The van der Waals surface area contributed by atoms with E-state index in [9.17, 15) is 9.90 Å². The van der Waals surface area contributed by atoms with Crippen LogP contribution in [0.3, 0.4) is 0 Å². The molecule has 0 atom stereocenters. The third-order valence-electron chi connectivity index (χ3n) is 3.25. The maximum Gasteiger partial charge on any atom is 0.336 e. The summed E-state index contributed by atoms with van der Waals surface area (Å²) >= 11 is 1.59. The molecule has 0 radical (unpaired) electrons. The van der Waals surface area contributed by atoms with E-state index in [1.54, 1.807) is 35.6 Å². The fraction of sp³-hybridized carbons (Fsp3) is 0.133. The Labute approximate surface area is 125 Å². The summed E-state index contributed by atoms with van der Waals surface area (Å²) in [6.07, 6.45) is 0. The lowest BCUT2D eigenvalue weighted by Crippen LogP contribution is -2.02. The molecular formula is C15H13N3O2S. The van der Waals surface area contributed by atoms with Crippen molar-refractivity contribution in [2.45, 2.75) is 10.6 Å². The first-order chi connectivity index (χ1) is 10.2. The lowest BCUT2D eigenvalue weighted by atomic mass is 10.1. The van der Waals surface area contributed by atoms with Crippen LogP contribution in [-0.2, 0) is 12.8 Å². The Hall–Kier alpha value is -2.34. The van der Waals surface area contributed by atoms with Crippen molar-refractivity contribution in [3.05, 3.63) is 53.6 Å². The van der Waals surface area contributed by atoms with Crippen molar-refractivity contribution in [1.82, 2.24) is 15.0 Å². The molecule has 0 spiro atoms. The van der Waals surface area contributed by atoms with Crippen LogP contribution in [0, 0.1) is 0 Å². The van der Waals surface area contributed by atoms with Gasteiger partial charge in [-0.1, -0.05) is 23.4 Å². The summed E-state index contributed by atoms with van der Waals surface area (Å²) in [5.41, 5.74) is 2.48. The van der Waals surface area contributed by atoms with Gasteiger partial charge in [-0.3, -0.25) is 0 Å². The number of carbonyl (C=O) groups is 1. The van der Waals surface area contributed by atoms with Crippen molar-refractivity contribution in [3.8, 4) is 0 Å². The average Bonchev–Trinajstić information content (AvgIpc) is 2.87. The second-order valence-corrected chi connectivity index (χ2v) is 5.63. The molecule has 106 valence electrons. The largest absolute Gasteiger partial charge is 0.478 e. The van der Waals surface area contributed by atoms with E-state index >= 15 is 0 Å². The minimum Gasteiger partial charge on any atom is -0.478 e. The summed E-state index contributed by atoms with van der Waals surface area (Å²) in [7, 11) is 1.80. The number of hydrogen-bond acceptors (Lipinski definition) is 4. The van der Waals surface area contributed by atoms with Crippen molar-refractivity contribution in [3.63, 3.8) is 0 Å². The van der Waals surface area contributed by atoms with Gasteiger partial charge in [0.25, 0.3) is 0 Å². The highest BCUT2D eigenvalue weighted by Crippen LogP contribution is 2.28. The van der Waals surface area contributed by atoms with Crippen LogP contribution in [-0.4, -0.2) is 26.1 Å². The quantitative estimate of drug-likeness (QED) is 0.750. The molecule has 0 saturated carbocycles. The molecule has 0 saturated heterocycles. The Morgan fingerprint density at radius 1 is 1.24 bits per heavy atom. The average molecular weight is 299 g/mol. The molecule has 0 amide bonds. The second kappa shape index (κ2) is 5.57. The number of thioether (sulfide) groups is 1. The van der Waals surface area contributed by atoms with Gasteiger partial charge in [-0.2, -0.15) is 0 Å². The van der Waals surface area contributed by atoms with Crippen molar-refractivity contribution < 1.29 is 9.90 Å². The summed E-state index contributed by atoms with van der Waals surface area (Å²) < 4.78 is 1.65. The molecule has 3 aromatic rings. The van der Waals surface area contributed by atoms with Gasteiger partial charge >= 0.3 is 5.97 Å². The number of fused-ring (bicyclic) bond motifs is 1. The molecule has 2 aromatic carbocycles. The number of carboxylic acids is 1. The Morgan fingerprint density at radius 3 is 2.71 bits per heavy atom. The first-order valence-electron chi connectivity index (χ1n) is 6.39. The van der Waals surface area contributed by atoms with Crippen LogP contribution in [0.5, 0.6) is 0 Å². The minimum absolute atomic E-state index is 0.284. The fourth-order valence-electron chi connectivity index (χ4n) is 2.18. The lowest BCUT2D eigenvalue weighted by Gasteiger charge is -2.07. The molecular weight excluding hydrogens is 286 g/mol. The number of nitrogens with zero attached hydrogens (tertiary/aromatic N) is 3. The molecule has 0 aliphatic carbocycles. The molecule has 3 rings (SSSR count). The summed E-state index contributed by atoms with van der Waals surface area (Å²) in [6.45, 7) is 0. The van der Waals surface area contributed by atoms with Crippen LogP contribution < -0.4 is 0 Å². The number of hydrogen-bond donors (Lipinski definition) is 1. The van der Waals surface area contributed by atoms with Gasteiger partial charge in [0.05, 0.1) is 11.1 Å². The van der Waals surface area contributed by atoms with Crippen LogP contribution >= 0.6 is 11.8 Å². The summed E-state index contributed by atoms with van der Waals surface area (Å²) in [4.78, 5) is 12.5. The van der Waals surface area contributed by atoms with E-state index in [1.165, 1.54) is 0 Å². The Kier molecular flexibility index (Phi) is 3.62. The molecule has 0 aliphatic rings. The van der Waals surface area contributed by atoms with Gasteiger partial charge in [0, 0.05) is 23.3 Å². The summed E-state index contributed by atoms with van der Waals surface area (Å²) in [6, 6.07) is 13.2.